The number of carbonyl (C=O) groups is 1. The van der Waals surface area contributed by atoms with Gasteiger partial charge in [0.2, 0.25) is 11.8 Å². The van der Waals surface area contributed by atoms with E-state index in [-0.39, 0.29) is 5.91 Å². The van der Waals surface area contributed by atoms with E-state index in [1.165, 1.54) is 0 Å². The molecular formula is C11H15N3O2. The average Bonchev–Trinajstić information content (AvgIpc) is 2.59. The number of hydrogen-bond acceptors (Lipinski definition) is 4. The Morgan fingerprint density at radius 3 is 2.62 bits per heavy atom. The van der Waals surface area contributed by atoms with Crippen LogP contribution in [0.5, 0.6) is 0 Å². The minimum atomic E-state index is -1.03. The van der Waals surface area contributed by atoms with Gasteiger partial charge in [0.05, 0.1) is 11.8 Å². The zero-order valence-corrected chi connectivity index (χ0v) is 9.92. The third kappa shape index (κ3) is 2.06. The van der Waals surface area contributed by atoms with Crippen molar-refractivity contribution in [2.24, 2.45) is 5.41 Å². The number of nitrogens with zero attached hydrogens (tertiary/aromatic N) is 2. The van der Waals surface area contributed by atoms with E-state index in [4.69, 9.17) is 9.78 Å². The topological polar surface area (TPSA) is 78.9 Å². The van der Waals surface area contributed by atoms with Gasteiger partial charge in [-0.1, -0.05) is 12.1 Å². The third-order valence-corrected chi connectivity index (χ3v) is 2.84. The highest BCUT2D eigenvalue weighted by molar-refractivity contribution is 5.96. The SMILES string of the molecule is CCC(C)(C#N)C(=O)Nc1onc(C)c1C. The summed E-state index contributed by atoms with van der Waals surface area (Å²) in [6.45, 7) is 6.98. The highest BCUT2D eigenvalue weighted by atomic mass is 16.5. The van der Waals surface area contributed by atoms with Crippen molar-refractivity contribution in [2.45, 2.75) is 34.1 Å². The molecule has 86 valence electrons. The first-order valence-electron chi connectivity index (χ1n) is 5.10. The summed E-state index contributed by atoms with van der Waals surface area (Å²) in [6, 6.07) is 2.00. The molecule has 0 aliphatic heterocycles. The lowest BCUT2D eigenvalue weighted by Gasteiger charge is -2.17. The molecule has 16 heavy (non-hydrogen) atoms. The fraction of sp³-hybridized carbons (Fsp3) is 0.545. The number of anilines is 1. The van der Waals surface area contributed by atoms with E-state index in [0.717, 1.165) is 11.3 Å². The Morgan fingerprint density at radius 1 is 1.62 bits per heavy atom. The number of amides is 1. The Balaban J connectivity index is 2.88. The molecule has 1 rings (SSSR count). The van der Waals surface area contributed by atoms with Gasteiger partial charge in [0.25, 0.3) is 0 Å². The number of aromatic nitrogens is 1. The second-order valence-electron chi connectivity index (χ2n) is 3.97. The van der Waals surface area contributed by atoms with Crippen molar-refractivity contribution >= 4 is 11.8 Å². The van der Waals surface area contributed by atoms with Crippen LogP contribution in [0.1, 0.15) is 31.5 Å². The van der Waals surface area contributed by atoms with Crippen molar-refractivity contribution in [3.8, 4) is 6.07 Å². The lowest BCUT2D eigenvalue weighted by molar-refractivity contribution is -0.122. The summed E-state index contributed by atoms with van der Waals surface area (Å²) in [5.41, 5.74) is 0.475. The molecule has 0 saturated carbocycles. The van der Waals surface area contributed by atoms with E-state index < -0.39 is 5.41 Å². The summed E-state index contributed by atoms with van der Waals surface area (Å²) in [7, 11) is 0. The summed E-state index contributed by atoms with van der Waals surface area (Å²) < 4.78 is 4.96. The number of nitriles is 1. The van der Waals surface area contributed by atoms with E-state index in [1.807, 2.05) is 6.07 Å². The molecule has 1 aromatic rings. The molecule has 1 unspecified atom stereocenters. The maximum Gasteiger partial charge on any atom is 0.246 e. The molecule has 0 spiro atoms. The van der Waals surface area contributed by atoms with Crippen LogP contribution in [-0.4, -0.2) is 11.1 Å². The average molecular weight is 221 g/mol. The summed E-state index contributed by atoms with van der Waals surface area (Å²) in [6.07, 6.45) is 0.446. The highest BCUT2D eigenvalue weighted by Crippen LogP contribution is 2.24. The summed E-state index contributed by atoms with van der Waals surface area (Å²) >= 11 is 0. The normalized spacial score (nSPS) is 13.9. The molecule has 0 fully saturated rings. The summed E-state index contributed by atoms with van der Waals surface area (Å²) in [5.74, 6) is -0.0471. The molecule has 5 heteroatoms. The molecule has 1 aromatic heterocycles. The van der Waals surface area contributed by atoms with Crippen LogP contribution in [0.2, 0.25) is 0 Å². The van der Waals surface area contributed by atoms with Gasteiger partial charge in [0.1, 0.15) is 5.41 Å². The van der Waals surface area contributed by atoms with Crippen LogP contribution in [0.4, 0.5) is 5.88 Å². The maximum atomic E-state index is 11.8. The molecular weight excluding hydrogens is 206 g/mol. The van der Waals surface area contributed by atoms with Crippen LogP contribution in [0.3, 0.4) is 0 Å². The van der Waals surface area contributed by atoms with Gasteiger partial charge in [-0.15, -0.1) is 0 Å². The number of aryl methyl sites for hydroxylation is 1. The molecule has 1 amide bonds. The number of nitrogens with one attached hydrogen (secondary N) is 1. The van der Waals surface area contributed by atoms with Crippen LogP contribution in [0.15, 0.2) is 4.52 Å². The van der Waals surface area contributed by atoms with Gasteiger partial charge in [0.15, 0.2) is 0 Å². The maximum absolute atomic E-state index is 11.8. The zero-order valence-electron chi connectivity index (χ0n) is 9.92. The van der Waals surface area contributed by atoms with E-state index in [2.05, 4.69) is 10.5 Å². The molecule has 0 aliphatic rings. The lowest BCUT2D eigenvalue weighted by Crippen LogP contribution is -2.31. The molecule has 1 heterocycles. The van der Waals surface area contributed by atoms with Gasteiger partial charge in [-0.3, -0.25) is 10.1 Å². The Labute approximate surface area is 94.4 Å². The predicted octanol–water partition coefficient (Wildman–Crippen LogP) is 2.17. The quantitative estimate of drug-likeness (QED) is 0.848. The fourth-order valence-electron chi connectivity index (χ4n) is 1.06. The molecule has 0 aliphatic carbocycles. The Kier molecular flexibility index (Phi) is 3.33. The first kappa shape index (κ1) is 12.2. The van der Waals surface area contributed by atoms with E-state index in [1.54, 1.807) is 27.7 Å². The summed E-state index contributed by atoms with van der Waals surface area (Å²) in [4.78, 5) is 11.8. The van der Waals surface area contributed by atoms with Gasteiger partial charge < -0.3 is 4.52 Å². The first-order chi connectivity index (χ1) is 7.44. The zero-order chi connectivity index (χ0) is 12.3. The standard InChI is InChI=1S/C11H15N3O2/c1-5-11(4,6-12)10(15)13-9-7(2)8(3)14-16-9/h5H2,1-4H3,(H,13,15). The second-order valence-corrected chi connectivity index (χ2v) is 3.97. The third-order valence-electron chi connectivity index (χ3n) is 2.84. The fourth-order valence-corrected chi connectivity index (χ4v) is 1.06. The molecule has 5 nitrogen and oxygen atoms in total. The Morgan fingerprint density at radius 2 is 2.25 bits per heavy atom. The monoisotopic (exact) mass is 221 g/mol. The molecule has 0 saturated heterocycles. The van der Waals surface area contributed by atoms with Crippen molar-refractivity contribution < 1.29 is 9.32 Å². The molecule has 1 N–H and O–H groups in total. The van der Waals surface area contributed by atoms with E-state index in [9.17, 15) is 4.79 Å². The lowest BCUT2D eigenvalue weighted by atomic mass is 9.88. The summed E-state index contributed by atoms with van der Waals surface area (Å²) in [5, 5.41) is 15.3. The number of carbonyl (C=O) groups excluding carboxylic acids is 1. The molecule has 0 aromatic carbocycles. The van der Waals surface area contributed by atoms with Crippen molar-refractivity contribution in [3.05, 3.63) is 11.3 Å². The van der Waals surface area contributed by atoms with Gasteiger partial charge in [-0.05, 0) is 27.2 Å². The number of hydrogen-bond donors (Lipinski definition) is 1. The smallest absolute Gasteiger partial charge is 0.246 e. The second kappa shape index (κ2) is 4.35. The van der Waals surface area contributed by atoms with Crippen molar-refractivity contribution in [2.75, 3.05) is 5.32 Å². The van der Waals surface area contributed by atoms with Crippen LogP contribution in [0, 0.1) is 30.6 Å². The first-order valence-corrected chi connectivity index (χ1v) is 5.10. The van der Waals surface area contributed by atoms with E-state index in [0.29, 0.717) is 12.3 Å². The van der Waals surface area contributed by atoms with Crippen LogP contribution >= 0.6 is 0 Å². The molecule has 1 atom stereocenters. The minimum Gasteiger partial charge on any atom is -0.338 e. The van der Waals surface area contributed by atoms with Gasteiger partial charge in [-0.2, -0.15) is 5.26 Å². The van der Waals surface area contributed by atoms with Gasteiger partial charge in [-0.25, -0.2) is 0 Å². The molecule has 0 bridgehead atoms. The minimum absolute atomic E-state index is 0.317. The van der Waals surface area contributed by atoms with E-state index >= 15 is 0 Å². The predicted molar refractivity (Wildman–Crippen MR) is 58.6 cm³/mol. The van der Waals surface area contributed by atoms with Crippen LogP contribution in [-0.2, 0) is 4.79 Å². The van der Waals surface area contributed by atoms with Crippen molar-refractivity contribution in [3.63, 3.8) is 0 Å². The van der Waals surface area contributed by atoms with Crippen LogP contribution < -0.4 is 5.32 Å². The van der Waals surface area contributed by atoms with Crippen LogP contribution in [0.25, 0.3) is 0 Å². The highest BCUT2D eigenvalue weighted by Gasteiger charge is 2.32. The molecule has 0 radical (unpaired) electrons. The Hall–Kier alpha value is -1.83. The van der Waals surface area contributed by atoms with Gasteiger partial charge in [0, 0.05) is 5.56 Å². The van der Waals surface area contributed by atoms with Crippen molar-refractivity contribution in [1.82, 2.24) is 5.16 Å². The van der Waals surface area contributed by atoms with Gasteiger partial charge >= 0.3 is 0 Å². The van der Waals surface area contributed by atoms with Crippen molar-refractivity contribution in [1.29, 1.82) is 5.26 Å². The Bertz CT molecular complexity index is 445. The largest absolute Gasteiger partial charge is 0.338 e. The number of rotatable bonds is 3.